The van der Waals surface area contributed by atoms with Crippen LogP contribution in [0.1, 0.15) is 12.0 Å². The highest BCUT2D eigenvalue weighted by atomic mass is 32.2. The Balaban J connectivity index is 2.67. The van der Waals surface area contributed by atoms with Gasteiger partial charge in [-0.05, 0) is 18.4 Å². The lowest BCUT2D eigenvalue weighted by Crippen LogP contribution is -2.43. The van der Waals surface area contributed by atoms with Gasteiger partial charge in [0.25, 0.3) is 0 Å². The number of hydrogen-bond donors (Lipinski definition) is 2. The summed E-state index contributed by atoms with van der Waals surface area (Å²) in [7, 11) is -4.67. The maximum Gasteiger partial charge on any atom is 0.322 e. The van der Waals surface area contributed by atoms with Gasteiger partial charge in [0.05, 0.1) is 11.5 Å². The molecule has 2 N–H and O–H groups in total. The summed E-state index contributed by atoms with van der Waals surface area (Å²) < 4.78 is 50.4. The van der Waals surface area contributed by atoms with Crippen molar-refractivity contribution in [1.29, 1.82) is 0 Å². The molecule has 0 saturated carbocycles. The van der Waals surface area contributed by atoms with Gasteiger partial charge in [-0.2, -0.15) is 0 Å². The van der Waals surface area contributed by atoms with Gasteiger partial charge in [0.15, 0.2) is 0 Å². The number of carbonyl (C=O) groups is 1. The number of benzene rings is 1. The number of carboxylic acid groups (broad SMARTS) is 1. The summed E-state index contributed by atoms with van der Waals surface area (Å²) in [4.78, 5) is 11.3. The molecule has 10 heteroatoms. The molecule has 0 unspecified atom stereocenters. The van der Waals surface area contributed by atoms with Crippen LogP contribution in [0.4, 0.5) is 0 Å². The van der Waals surface area contributed by atoms with Crippen molar-refractivity contribution in [3.05, 3.63) is 35.9 Å². The van der Waals surface area contributed by atoms with Crippen LogP contribution in [0.25, 0.3) is 0 Å². The molecule has 0 amide bonds. The molecule has 24 heavy (non-hydrogen) atoms. The van der Waals surface area contributed by atoms with E-state index in [2.05, 4.69) is 4.72 Å². The van der Waals surface area contributed by atoms with Crippen LogP contribution < -0.4 is 4.72 Å². The van der Waals surface area contributed by atoms with Gasteiger partial charge >= 0.3 is 5.97 Å². The number of nitrogens with zero attached hydrogens (tertiary/aromatic N) is 1. The Labute approximate surface area is 142 Å². The molecule has 0 saturated heterocycles. The highest BCUT2D eigenvalue weighted by molar-refractivity contribution is 7.90. The Morgan fingerprint density at radius 3 is 2.21 bits per heavy atom. The number of sulfonamides is 2. The van der Waals surface area contributed by atoms with E-state index in [1.165, 1.54) is 14.1 Å². The molecule has 0 fully saturated rings. The van der Waals surface area contributed by atoms with Gasteiger partial charge in [-0.3, -0.25) is 4.79 Å². The Morgan fingerprint density at radius 1 is 1.12 bits per heavy atom. The molecule has 0 aliphatic rings. The van der Waals surface area contributed by atoms with E-state index in [9.17, 15) is 26.7 Å². The second-order valence-corrected chi connectivity index (χ2v) is 9.65. The maximum atomic E-state index is 12.0. The van der Waals surface area contributed by atoms with E-state index in [0.717, 1.165) is 4.31 Å². The fourth-order valence-corrected chi connectivity index (χ4v) is 4.24. The van der Waals surface area contributed by atoms with Gasteiger partial charge in [0, 0.05) is 14.1 Å². The van der Waals surface area contributed by atoms with E-state index in [1.54, 1.807) is 30.3 Å². The average Bonchev–Trinajstić information content (AvgIpc) is 2.46. The summed E-state index contributed by atoms with van der Waals surface area (Å²) in [5.74, 6) is -2.07. The topological polar surface area (TPSA) is 121 Å². The number of aliphatic carboxylic acids is 1. The Hall–Kier alpha value is -1.49. The Kier molecular flexibility index (Phi) is 7.33. The summed E-state index contributed by atoms with van der Waals surface area (Å²) in [6, 6.07) is 7.34. The summed E-state index contributed by atoms with van der Waals surface area (Å²) in [5, 5.41) is 9.20. The van der Waals surface area contributed by atoms with Gasteiger partial charge in [-0.1, -0.05) is 30.3 Å². The first-order valence-electron chi connectivity index (χ1n) is 7.20. The molecule has 1 aromatic rings. The molecule has 136 valence electrons. The molecule has 0 bridgehead atoms. The minimum absolute atomic E-state index is 0.00536. The van der Waals surface area contributed by atoms with Crippen molar-refractivity contribution in [3.63, 3.8) is 0 Å². The van der Waals surface area contributed by atoms with Gasteiger partial charge in [-0.15, -0.1) is 0 Å². The lowest BCUT2D eigenvalue weighted by Gasteiger charge is -2.15. The van der Waals surface area contributed by atoms with Crippen molar-refractivity contribution in [2.24, 2.45) is 0 Å². The zero-order valence-corrected chi connectivity index (χ0v) is 15.2. The van der Waals surface area contributed by atoms with Crippen molar-refractivity contribution in [2.45, 2.75) is 18.9 Å². The molecule has 1 aromatic carbocycles. The predicted octanol–water partition coefficient (Wildman–Crippen LogP) is -0.117. The summed E-state index contributed by atoms with van der Waals surface area (Å²) in [6.07, 6.45) is -0.112. The Morgan fingerprint density at radius 2 is 1.71 bits per heavy atom. The van der Waals surface area contributed by atoms with Crippen LogP contribution in [0.15, 0.2) is 30.3 Å². The first kappa shape index (κ1) is 20.6. The van der Waals surface area contributed by atoms with Crippen LogP contribution in [-0.4, -0.2) is 63.9 Å². The van der Waals surface area contributed by atoms with E-state index in [1.807, 2.05) is 0 Å². The first-order chi connectivity index (χ1) is 11.0. The molecule has 0 radical (unpaired) electrons. The second-order valence-electron chi connectivity index (χ2n) is 5.47. The summed E-state index contributed by atoms with van der Waals surface area (Å²) >= 11 is 0. The van der Waals surface area contributed by atoms with E-state index >= 15 is 0 Å². The minimum atomic E-state index is -3.91. The van der Waals surface area contributed by atoms with Gasteiger partial charge < -0.3 is 5.11 Å². The zero-order valence-electron chi connectivity index (χ0n) is 13.5. The third kappa shape index (κ3) is 6.95. The lowest BCUT2D eigenvalue weighted by molar-refractivity contribution is -0.138. The van der Waals surface area contributed by atoms with Crippen LogP contribution in [0, 0.1) is 0 Å². The molecular formula is C14H22N2O6S2. The summed E-state index contributed by atoms with van der Waals surface area (Å²) in [5.41, 5.74) is 0.683. The largest absolute Gasteiger partial charge is 0.480 e. The molecule has 0 heterocycles. The van der Waals surface area contributed by atoms with E-state index < -0.39 is 37.8 Å². The van der Waals surface area contributed by atoms with Crippen LogP contribution in [0.3, 0.4) is 0 Å². The quantitative estimate of drug-likeness (QED) is 0.586. The highest BCUT2D eigenvalue weighted by Crippen LogP contribution is 2.06. The molecule has 1 atom stereocenters. The highest BCUT2D eigenvalue weighted by Gasteiger charge is 2.25. The van der Waals surface area contributed by atoms with Crippen molar-refractivity contribution in [1.82, 2.24) is 9.03 Å². The number of carboxylic acids is 1. The van der Waals surface area contributed by atoms with Crippen molar-refractivity contribution < 1.29 is 26.7 Å². The minimum Gasteiger partial charge on any atom is -0.480 e. The Bertz CT molecular complexity index is 745. The van der Waals surface area contributed by atoms with Crippen LogP contribution >= 0.6 is 0 Å². The summed E-state index contributed by atoms with van der Waals surface area (Å²) in [6.45, 7) is 0. The second kappa shape index (κ2) is 8.56. The SMILES string of the molecule is CN(C)S(=O)(=O)CCCS(=O)(=O)N[C@@H](Cc1ccccc1)C(=O)O. The van der Waals surface area contributed by atoms with E-state index in [4.69, 9.17) is 0 Å². The van der Waals surface area contributed by atoms with Crippen molar-refractivity contribution in [3.8, 4) is 0 Å². The fraction of sp³-hybridized carbons (Fsp3) is 0.500. The normalized spacial score (nSPS) is 13.8. The molecule has 8 nitrogen and oxygen atoms in total. The lowest BCUT2D eigenvalue weighted by atomic mass is 10.1. The molecule has 0 aromatic heterocycles. The van der Waals surface area contributed by atoms with Gasteiger partial charge in [-0.25, -0.2) is 25.9 Å². The predicted molar refractivity (Wildman–Crippen MR) is 90.6 cm³/mol. The monoisotopic (exact) mass is 378 g/mol. The molecule has 0 aliphatic heterocycles. The number of rotatable bonds is 10. The molecule has 0 spiro atoms. The third-order valence-electron chi connectivity index (χ3n) is 3.27. The van der Waals surface area contributed by atoms with Gasteiger partial charge in [0.2, 0.25) is 20.0 Å². The molecule has 0 aliphatic carbocycles. The smallest absolute Gasteiger partial charge is 0.322 e. The average molecular weight is 378 g/mol. The number of hydrogen-bond acceptors (Lipinski definition) is 5. The fourth-order valence-electron chi connectivity index (χ4n) is 1.92. The van der Waals surface area contributed by atoms with Crippen molar-refractivity contribution in [2.75, 3.05) is 25.6 Å². The number of nitrogens with one attached hydrogen (secondary N) is 1. The van der Waals surface area contributed by atoms with Crippen LogP contribution in [-0.2, 0) is 31.3 Å². The molecular weight excluding hydrogens is 356 g/mol. The van der Waals surface area contributed by atoms with Crippen molar-refractivity contribution >= 4 is 26.0 Å². The van der Waals surface area contributed by atoms with Gasteiger partial charge in [0.1, 0.15) is 6.04 Å². The molecule has 1 rings (SSSR count). The standard InChI is InChI=1S/C14H22N2O6S2/c1-16(2)24(21,22)10-6-9-23(19,20)15-13(14(17)18)11-12-7-4-3-5-8-12/h3-5,7-8,13,15H,6,9-11H2,1-2H3,(H,17,18)/t13-/m0/s1. The maximum absolute atomic E-state index is 12.0. The first-order valence-corrected chi connectivity index (χ1v) is 10.5. The van der Waals surface area contributed by atoms with Crippen LogP contribution in [0.5, 0.6) is 0 Å². The van der Waals surface area contributed by atoms with E-state index in [0.29, 0.717) is 5.56 Å². The van der Waals surface area contributed by atoms with Crippen LogP contribution in [0.2, 0.25) is 0 Å². The zero-order chi connectivity index (χ0) is 18.4. The third-order valence-corrected chi connectivity index (χ3v) is 6.66. The van der Waals surface area contributed by atoms with E-state index in [-0.39, 0.29) is 18.6 Å².